The van der Waals surface area contributed by atoms with Gasteiger partial charge in [-0.2, -0.15) is 0 Å². The van der Waals surface area contributed by atoms with Gasteiger partial charge in [-0.05, 0) is 70.9 Å². The minimum Gasteiger partial charge on any atom is -0.353 e. The SMILES string of the molecule is Cc1ccccc1C(C(=O)NCC1(N2CCCC2)CCCC1)N(C)C. The number of hydrogen-bond donors (Lipinski definition) is 1. The monoisotopic (exact) mass is 343 g/mol. The lowest BCUT2D eigenvalue weighted by Gasteiger charge is -2.39. The molecule has 25 heavy (non-hydrogen) atoms. The van der Waals surface area contributed by atoms with Gasteiger partial charge in [0.05, 0.1) is 0 Å². The molecule has 4 heteroatoms. The Balaban J connectivity index is 1.72. The third-order valence-corrected chi connectivity index (χ3v) is 6.15. The van der Waals surface area contributed by atoms with E-state index in [1.807, 2.05) is 31.1 Å². The Labute approximate surface area is 152 Å². The van der Waals surface area contributed by atoms with Crippen LogP contribution in [-0.4, -0.2) is 55.0 Å². The summed E-state index contributed by atoms with van der Waals surface area (Å²) >= 11 is 0. The molecule has 1 aromatic rings. The standard InChI is InChI=1S/C21H33N3O/c1-17-10-4-5-11-18(17)19(23(2)3)20(25)22-16-21(12-6-7-13-21)24-14-8-9-15-24/h4-5,10-11,19H,6-9,12-16H2,1-3H3,(H,22,25). The zero-order chi connectivity index (χ0) is 17.9. The molecular weight excluding hydrogens is 310 g/mol. The van der Waals surface area contributed by atoms with Gasteiger partial charge in [0.15, 0.2) is 0 Å². The van der Waals surface area contributed by atoms with E-state index < -0.39 is 0 Å². The minimum atomic E-state index is -0.224. The quantitative estimate of drug-likeness (QED) is 0.862. The number of amides is 1. The normalized spacial score (nSPS) is 21.6. The van der Waals surface area contributed by atoms with Gasteiger partial charge in [0.1, 0.15) is 6.04 Å². The van der Waals surface area contributed by atoms with Gasteiger partial charge >= 0.3 is 0 Å². The summed E-state index contributed by atoms with van der Waals surface area (Å²) in [5.41, 5.74) is 2.48. The van der Waals surface area contributed by atoms with Crippen LogP contribution < -0.4 is 5.32 Å². The number of carbonyl (C=O) groups is 1. The van der Waals surface area contributed by atoms with Gasteiger partial charge in [0.25, 0.3) is 0 Å². The van der Waals surface area contributed by atoms with Crippen molar-refractivity contribution in [2.24, 2.45) is 0 Å². The molecule has 0 radical (unpaired) electrons. The number of benzene rings is 1. The molecule has 2 aliphatic rings. The van der Waals surface area contributed by atoms with E-state index in [2.05, 4.69) is 29.3 Å². The van der Waals surface area contributed by atoms with Crippen LogP contribution in [-0.2, 0) is 4.79 Å². The van der Waals surface area contributed by atoms with Crippen LogP contribution in [0.15, 0.2) is 24.3 Å². The molecule has 1 saturated carbocycles. The molecule has 2 fully saturated rings. The highest BCUT2D eigenvalue weighted by Crippen LogP contribution is 2.37. The van der Waals surface area contributed by atoms with E-state index in [0.717, 1.165) is 12.1 Å². The molecule has 1 amide bonds. The summed E-state index contributed by atoms with van der Waals surface area (Å²) in [6, 6.07) is 7.99. The number of carbonyl (C=O) groups excluding carboxylic acids is 1. The number of rotatable bonds is 6. The Morgan fingerprint density at radius 3 is 2.40 bits per heavy atom. The first-order valence-electron chi connectivity index (χ1n) is 9.78. The van der Waals surface area contributed by atoms with Crippen LogP contribution >= 0.6 is 0 Å². The van der Waals surface area contributed by atoms with Crippen LogP contribution in [0.3, 0.4) is 0 Å². The molecule has 138 valence electrons. The second kappa shape index (κ2) is 7.88. The summed E-state index contributed by atoms with van der Waals surface area (Å²) in [5.74, 6) is 0.129. The van der Waals surface area contributed by atoms with Crippen LogP contribution in [0.4, 0.5) is 0 Å². The van der Waals surface area contributed by atoms with Crippen molar-refractivity contribution >= 4 is 5.91 Å². The fourth-order valence-corrected chi connectivity index (χ4v) is 4.73. The second-order valence-corrected chi connectivity index (χ2v) is 8.07. The summed E-state index contributed by atoms with van der Waals surface area (Å²) in [6.07, 6.45) is 7.65. The predicted octanol–water partition coefficient (Wildman–Crippen LogP) is 3.12. The Bertz CT molecular complexity index is 587. The molecule has 4 nitrogen and oxygen atoms in total. The molecule has 0 aromatic heterocycles. The number of likely N-dealkylation sites (N-methyl/N-ethyl adjacent to an activating group) is 1. The van der Waals surface area contributed by atoms with Gasteiger partial charge < -0.3 is 5.32 Å². The Hall–Kier alpha value is -1.39. The largest absolute Gasteiger partial charge is 0.353 e. The zero-order valence-corrected chi connectivity index (χ0v) is 16.1. The Kier molecular flexibility index (Phi) is 5.80. The zero-order valence-electron chi connectivity index (χ0n) is 16.1. The number of hydrogen-bond acceptors (Lipinski definition) is 3. The second-order valence-electron chi connectivity index (χ2n) is 8.07. The molecule has 1 aromatic carbocycles. The lowest BCUT2D eigenvalue weighted by molar-refractivity contribution is -0.126. The fourth-order valence-electron chi connectivity index (χ4n) is 4.73. The van der Waals surface area contributed by atoms with Crippen molar-refractivity contribution in [2.75, 3.05) is 33.7 Å². The molecule has 1 heterocycles. The summed E-state index contributed by atoms with van der Waals surface area (Å²) in [6.45, 7) is 5.28. The van der Waals surface area contributed by atoms with E-state index in [1.54, 1.807) is 0 Å². The number of nitrogens with one attached hydrogen (secondary N) is 1. The van der Waals surface area contributed by atoms with E-state index >= 15 is 0 Å². The van der Waals surface area contributed by atoms with E-state index in [1.165, 1.54) is 57.2 Å². The van der Waals surface area contributed by atoms with Crippen LogP contribution in [0, 0.1) is 6.92 Å². The average Bonchev–Trinajstić information content (AvgIpc) is 3.27. The van der Waals surface area contributed by atoms with Crippen molar-refractivity contribution in [1.82, 2.24) is 15.1 Å². The molecule has 1 unspecified atom stereocenters. The molecule has 1 saturated heterocycles. The van der Waals surface area contributed by atoms with Gasteiger partial charge in [0.2, 0.25) is 5.91 Å². The van der Waals surface area contributed by atoms with E-state index in [-0.39, 0.29) is 17.5 Å². The fraction of sp³-hybridized carbons (Fsp3) is 0.667. The first-order chi connectivity index (χ1) is 12.0. The van der Waals surface area contributed by atoms with Crippen molar-refractivity contribution in [2.45, 2.75) is 57.0 Å². The first kappa shape index (κ1) is 18.4. The topological polar surface area (TPSA) is 35.6 Å². The molecule has 1 atom stereocenters. The third-order valence-electron chi connectivity index (χ3n) is 6.15. The van der Waals surface area contributed by atoms with Crippen molar-refractivity contribution in [3.8, 4) is 0 Å². The average molecular weight is 344 g/mol. The Morgan fingerprint density at radius 2 is 1.80 bits per heavy atom. The van der Waals surface area contributed by atoms with Gasteiger partial charge in [-0.1, -0.05) is 37.1 Å². The molecule has 0 spiro atoms. The first-order valence-corrected chi connectivity index (χ1v) is 9.78. The molecule has 3 rings (SSSR count). The molecule has 1 aliphatic heterocycles. The van der Waals surface area contributed by atoms with Crippen molar-refractivity contribution < 1.29 is 4.79 Å². The Morgan fingerprint density at radius 1 is 1.16 bits per heavy atom. The van der Waals surface area contributed by atoms with Crippen LogP contribution in [0.25, 0.3) is 0 Å². The molecule has 1 N–H and O–H groups in total. The van der Waals surface area contributed by atoms with Crippen molar-refractivity contribution in [3.63, 3.8) is 0 Å². The van der Waals surface area contributed by atoms with Gasteiger partial charge in [0, 0.05) is 12.1 Å². The number of likely N-dealkylation sites (tertiary alicyclic amines) is 1. The van der Waals surface area contributed by atoms with Crippen LogP contribution in [0.5, 0.6) is 0 Å². The van der Waals surface area contributed by atoms with Crippen LogP contribution in [0.2, 0.25) is 0 Å². The van der Waals surface area contributed by atoms with Gasteiger partial charge in [-0.3, -0.25) is 14.6 Å². The highest BCUT2D eigenvalue weighted by Gasteiger charge is 2.41. The lowest BCUT2D eigenvalue weighted by Crippen LogP contribution is -2.54. The molecule has 1 aliphatic carbocycles. The smallest absolute Gasteiger partial charge is 0.242 e. The maximum absolute atomic E-state index is 13.1. The van der Waals surface area contributed by atoms with Crippen LogP contribution in [0.1, 0.15) is 55.7 Å². The minimum absolute atomic E-state index is 0.129. The van der Waals surface area contributed by atoms with E-state index in [0.29, 0.717) is 0 Å². The summed E-state index contributed by atoms with van der Waals surface area (Å²) in [5, 5.41) is 3.33. The number of aryl methyl sites for hydroxylation is 1. The highest BCUT2D eigenvalue weighted by atomic mass is 16.2. The van der Waals surface area contributed by atoms with E-state index in [9.17, 15) is 4.79 Å². The summed E-state index contributed by atoms with van der Waals surface area (Å²) in [4.78, 5) is 17.8. The van der Waals surface area contributed by atoms with Gasteiger partial charge in [-0.25, -0.2) is 0 Å². The molecular formula is C21H33N3O. The maximum atomic E-state index is 13.1. The number of nitrogens with zero attached hydrogens (tertiary/aromatic N) is 2. The predicted molar refractivity (Wildman–Crippen MR) is 103 cm³/mol. The highest BCUT2D eigenvalue weighted by molar-refractivity contribution is 5.83. The van der Waals surface area contributed by atoms with Gasteiger partial charge in [-0.15, -0.1) is 0 Å². The van der Waals surface area contributed by atoms with E-state index in [4.69, 9.17) is 0 Å². The van der Waals surface area contributed by atoms with Crippen molar-refractivity contribution in [3.05, 3.63) is 35.4 Å². The summed E-state index contributed by atoms with van der Waals surface area (Å²) < 4.78 is 0. The summed E-state index contributed by atoms with van der Waals surface area (Å²) in [7, 11) is 3.98. The lowest BCUT2D eigenvalue weighted by atomic mass is 9.94. The third kappa shape index (κ3) is 3.90. The van der Waals surface area contributed by atoms with Crippen molar-refractivity contribution in [1.29, 1.82) is 0 Å². The molecule has 0 bridgehead atoms. The maximum Gasteiger partial charge on any atom is 0.242 e.